The molecular weight excluding hydrogens is 368 g/mol. The van der Waals surface area contributed by atoms with E-state index < -0.39 is 0 Å². The number of aromatic nitrogens is 2. The number of hydrogen-bond acceptors (Lipinski definition) is 7. The summed E-state index contributed by atoms with van der Waals surface area (Å²) in [7, 11) is 3.34. The van der Waals surface area contributed by atoms with Gasteiger partial charge in [0.25, 0.3) is 0 Å². The quantitative estimate of drug-likeness (QED) is 0.359. The summed E-state index contributed by atoms with van der Waals surface area (Å²) in [4.78, 5) is 22.3. The Bertz CT molecular complexity index is 558. The molecule has 1 aromatic rings. The average Bonchev–Trinajstić information content (AvgIpc) is 2.53. The van der Waals surface area contributed by atoms with Crippen LogP contribution in [0.3, 0.4) is 0 Å². The van der Waals surface area contributed by atoms with Crippen molar-refractivity contribution in [1.29, 1.82) is 0 Å². The van der Waals surface area contributed by atoms with Crippen molar-refractivity contribution in [3.63, 3.8) is 0 Å². The van der Waals surface area contributed by atoms with E-state index in [2.05, 4.69) is 16.9 Å². The van der Waals surface area contributed by atoms with Crippen molar-refractivity contribution >= 4 is 46.2 Å². The third-order valence-corrected chi connectivity index (χ3v) is 5.96. The maximum Gasteiger partial charge on any atom is 0.214 e. The van der Waals surface area contributed by atoms with Crippen LogP contribution >= 0.6 is 34.0 Å². The number of nitrogen functional groups attached to an aromatic ring is 1. The van der Waals surface area contributed by atoms with Crippen LogP contribution in [0.15, 0.2) is 16.8 Å². The standard InChI is InChI=1S/C15H24N4O2S2.ClH/c1-4-7-22-23-14(5-6-20)11(2)19(10-21)9-13-8-17-12(3)18-15(13)16;/h8,10,20H,4-7,9H2,1-3H3,(H2,16,17,18);1H/b14-11-;. The Kier molecular flexibility index (Phi) is 11.9. The minimum absolute atomic E-state index is 0. The van der Waals surface area contributed by atoms with Crippen LogP contribution in [0.2, 0.25) is 0 Å². The van der Waals surface area contributed by atoms with Gasteiger partial charge in [0.15, 0.2) is 0 Å². The first-order chi connectivity index (χ1) is 11.0. The van der Waals surface area contributed by atoms with E-state index in [9.17, 15) is 9.90 Å². The van der Waals surface area contributed by atoms with E-state index in [1.807, 2.05) is 6.92 Å². The fourth-order valence-corrected chi connectivity index (χ4v) is 4.39. The zero-order valence-corrected chi connectivity index (χ0v) is 16.6. The first kappa shape index (κ1) is 23.0. The number of hydrogen-bond donors (Lipinski definition) is 2. The zero-order chi connectivity index (χ0) is 17.2. The van der Waals surface area contributed by atoms with Gasteiger partial charge in [0.1, 0.15) is 11.6 Å². The largest absolute Gasteiger partial charge is 0.396 e. The molecule has 1 heterocycles. The Balaban J connectivity index is 0.00000529. The Morgan fingerprint density at radius 2 is 2.21 bits per heavy atom. The molecule has 0 atom stereocenters. The van der Waals surface area contributed by atoms with Crippen molar-refractivity contribution in [1.82, 2.24) is 14.9 Å². The van der Waals surface area contributed by atoms with Gasteiger partial charge in [-0.15, -0.1) is 12.4 Å². The number of aliphatic hydroxyl groups excluding tert-OH is 1. The molecule has 9 heteroatoms. The number of allylic oxidation sites excluding steroid dienone is 1. The number of halogens is 1. The predicted octanol–water partition coefficient (Wildman–Crippen LogP) is 3.15. The summed E-state index contributed by atoms with van der Waals surface area (Å²) in [6, 6.07) is 0. The second-order valence-electron chi connectivity index (χ2n) is 4.95. The molecule has 0 saturated carbocycles. The minimum Gasteiger partial charge on any atom is -0.396 e. The molecule has 0 aromatic carbocycles. The molecule has 0 aliphatic rings. The van der Waals surface area contributed by atoms with E-state index in [0.29, 0.717) is 30.2 Å². The average molecular weight is 393 g/mol. The summed E-state index contributed by atoms with van der Waals surface area (Å²) in [5, 5.41) is 9.26. The highest BCUT2D eigenvalue weighted by Crippen LogP contribution is 2.35. The molecule has 1 aromatic heterocycles. The molecule has 0 radical (unpaired) electrons. The van der Waals surface area contributed by atoms with Gasteiger partial charge in [0.05, 0.1) is 6.54 Å². The van der Waals surface area contributed by atoms with E-state index in [4.69, 9.17) is 5.73 Å². The van der Waals surface area contributed by atoms with Crippen molar-refractivity contribution < 1.29 is 9.90 Å². The molecule has 1 amide bonds. The molecule has 136 valence electrons. The lowest BCUT2D eigenvalue weighted by atomic mass is 10.2. The Morgan fingerprint density at radius 1 is 1.50 bits per heavy atom. The molecule has 0 bridgehead atoms. The molecule has 24 heavy (non-hydrogen) atoms. The number of aliphatic hydroxyl groups is 1. The van der Waals surface area contributed by atoms with Gasteiger partial charge in [-0.2, -0.15) is 0 Å². The van der Waals surface area contributed by atoms with Crippen LogP contribution in [-0.2, 0) is 11.3 Å². The van der Waals surface area contributed by atoms with E-state index in [-0.39, 0.29) is 19.0 Å². The minimum atomic E-state index is 0. The van der Waals surface area contributed by atoms with Crippen molar-refractivity contribution in [3.8, 4) is 0 Å². The van der Waals surface area contributed by atoms with Crippen molar-refractivity contribution in [3.05, 3.63) is 28.2 Å². The van der Waals surface area contributed by atoms with E-state index >= 15 is 0 Å². The number of rotatable bonds is 10. The van der Waals surface area contributed by atoms with Gasteiger partial charge >= 0.3 is 0 Å². The van der Waals surface area contributed by atoms with Crippen LogP contribution in [0.25, 0.3) is 0 Å². The number of carbonyl (C=O) groups is 1. The highest BCUT2D eigenvalue weighted by atomic mass is 35.5. The monoisotopic (exact) mass is 392 g/mol. The van der Waals surface area contributed by atoms with Crippen molar-refractivity contribution in [2.75, 3.05) is 18.1 Å². The topological polar surface area (TPSA) is 92.3 Å². The third-order valence-electron chi connectivity index (χ3n) is 3.11. The van der Waals surface area contributed by atoms with E-state index in [1.165, 1.54) is 0 Å². The van der Waals surface area contributed by atoms with Crippen molar-refractivity contribution in [2.24, 2.45) is 0 Å². The van der Waals surface area contributed by atoms with Crippen LogP contribution < -0.4 is 5.73 Å². The lowest BCUT2D eigenvalue weighted by molar-refractivity contribution is -0.116. The number of anilines is 1. The summed E-state index contributed by atoms with van der Waals surface area (Å²) in [5.41, 5.74) is 7.43. The molecule has 0 fully saturated rings. The smallest absolute Gasteiger partial charge is 0.214 e. The molecule has 0 unspecified atom stereocenters. The molecule has 0 saturated heterocycles. The second kappa shape index (κ2) is 12.4. The fourth-order valence-electron chi connectivity index (χ4n) is 1.79. The number of nitrogens with two attached hydrogens (primary N) is 1. The van der Waals surface area contributed by atoms with Gasteiger partial charge < -0.3 is 15.7 Å². The Morgan fingerprint density at radius 3 is 2.75 bits per heavy atom. The SMILES string of the molecule is CCCSS/C(CCO)=C(/C)N(C=O)Cc1cnc(C)nc1N.Cl. The van der Waals surface area contributed by atoms with Crippen LogP contribution in [0.5, 0.6) is 0 Å². The normalized spacial score (nSPS) is 11.5. The molecular formula is C15H25ClN4O2S2. The fraction of sp³-hybridized carbons (Fsp3) is 0.533. The molecule has 1 rings (SSSR count). The number of amides is 1. The van der Waals surface area contributed by atoms with E-state index in [0.717, 1.165) is 29.2 Å². The lowest BCUT2D eigenvalue weighted by Gasteiger charge is -2.22. The van der Waals surface area contributed by atoms with Gasteiger partial charge in [-0.3, -0.25) is 4.79 Å². The summed E-state index contributed by atoms with van der Waals surface area (Å²) >= 11 is 0. The summed E-state index contributed by atoms with van der Waals surface area (Å²) in [5.74, 6) is 2.00. The van der Waals surface area contributed by atoms with Crippen LogP contribution in [0.1, 0.15) is 38.1 Å². The third kappa shape index (κ3) is 7.29. The van der Waals surface area contributed by atoms with Gasteiger partial charge in [-0.05, 0) is 20.3 Å². The Hall–Kier alpha value is -0.960. The maximum absolute atomic E-state index is 11.5. The molecule has 3 N–H and O–H groups in total. The second-order valence-corrected chi connectivity index (χ2v) is 7.46. The molecule has 0 spiro atoms. The number of nitrogens with zero attached hydrogens (tertiary/aromatic N) is 3. The Labute approximate surface area is 157 Å². The van der Waals surface area contributed by atoms with E-state index in [1.54, 1.807) is 39.6 Å². The van der Waals surface area contributed by atoms with Gasteiger partial charge in [0, 0.05) is 41.1 Å². The van der Waals surface area contributed by atoms with Crippen LogP contribution in [0.4, 0.5) is 5.82 Å². The zero-order valence-electron chi connectivity index (χ0n) is 14.2. The molecule has 0 aliphatic carbocycles. The van der Waals surface area contributed by atoms with Crippen molar-refractivity contribution in [2.45, 2.75) is 40.2 Å². The predicted molar refractivity (Wildman–Crippen MR) is 105 cm³/mol. The highest BCUT2D eigenvalue weighted by molar-refractivity contribution is 8.78. The summed E-state index contributed by atoms with van der Waals surface area (Å²) < 4.78 is 0. The van der Waals surface area contributed by atoms with Crippen LogP contribution in [0, 0.1) is 6.92 Å². The lowest BCUT2D eigenvalue weighted by Crippen LogP contribution is -2.21. The highest BCUT2D eigenvalue weighted by Gasteiger charge is 2.14. The van der Waals surface area contributed by atoms with Gasteiger partial charge in [-0.25, -0.2) is 9.97 Å². The summed E-state index contributed by atoms with van der Waals surface area (Å²) in [6.45, 7) is 6.13. The molecule has 0 aliphatic heterocycles. The van der Waals surface area contributed by atoms with Crippen LogP contribution in [-0.4, -0.2) is 38.7 Å². The van der Waals surface area contributed by atoms with Gasteiger partial charge in [-0.1, -0.05) is 28.5 Å². The maximum atomic E-state index is 11.5. The number of aryl methyl sites for hydroxylation is 1. The first-order valence-corrected chi connectivity index (χ1v) is 9.75. The summed E-state index contributed by atoms with van der Waals surface area (Å²) in [6.07, 6.45) is 4.03. The first-order valence-electron chi connectivity index (χ1n) is 7.43. The number of carbonyl (C=O) groups excluding carboxylic acids is 1. The molecule has 6 nitrogen and oxygen atoms in total. The van der Waals surface area contributed by atoms with Gasteiger partial charge in [0.2, 0.25) is 6.41 Å².